The van der Waals surface area contributed by atoms with Crippen molar-refractivity contribution in [3.63, 3.8) is 0 Å². The van der Waals surface area contributed by atoms with Crippen molar-refractivity contribution in [1.29, 1.82) is 0 Å². The number of hydrogen-bond donors (Lipinski definition) is 4. The van der Waals surface area contributed by atoms with E-state index < -0.39 is 66.2 Å². The van der Waals surface area contributed by atoms with E-state index in [2.05, 4.69) is 55.7 Å². The average molecular weight is 923 g/mol. The Hall–Kier alpha value is -1.70. The van der Waals surface area contributed by atoms with E-state index in [1.807, 2.05) is 6.08 Å². The van der Waals surface area contributed by atoms with Crippen molar-refractivity contribution in [3.8, 4) is 0 Å². The van der Waals surface area contributed by atoms with Gasteiger partial charge in [0.1, 0.15) is 12.7 Å². The van der Waals surface area contributed by atoms with E-state index >= 15 is 0 Å². The molecule has 14 nitrogen and oxygen atoms in total. The summed E-state index contributed by atoms with van der Waals surface area (Å²) in [5.74, 6) is -0.294. The Labute approximate surface area is 373 Å². The van der Waals surface area contributed by atoms with Gasteiger partial charge in [-0.05, 0) is 57.3 Å². The second-order valence-corrected chi connectivity index (χ2v) is 19.6. The van der Waals surface area contributed by atoms with Crippen LogP contribution in [0.4, 0.5) is 0 Å². The summed E-state index contributed by atoms with van der Waals surface area (Å²) in [6, 6.07) is 0. The minimum Gasteiger partial charge on any atom is -0.462 e. The zero-order valence-corrected chi connectivity index (χ0v) is 40.1. The molecule has 0 aromatic heterocycles. The number of aliphatic hydroxyl groups excluding tert-OH is 1. The zero-order chi connectivity index (χ0) is 45.7. The Balaban J connectivity index is 2.37. The molecule has 62 heavy (non-hydrogen) atoms. The number of unbranched alkanes of at least 4 members (excludes halogenated alkanes) is 17. The lowest BCUT2D eigenvalue weighted by Gasteiger charge is -2.20. The lowest BCUT2D eigenvalue weighted by Crippen LogP contribution is -2.30. The summed E-state index contributed by atoms with van der Waals surface area (Å²) < 4.78 is 53.6. The van der Waals surface area contributed by atoms with Crippen LogP contribution >= 0.6 is 15.6 Å². The highest BCUT2D eigenvalue weighted by Crippen LogP contribution is 2.44. The van der Waals surface area contributed by atoms with Gasteiger partial charge in [-0.2, -0.15) is 0 Å². The third-order valence-electron chi connectivity index (χ3n) is 10.4. The summed E-state index contributed by atoms with van der Waals surface area (Å²) in [5.41, 5.74) is 0. The number of esters is 2. The Bertz CT molecular complexity index is 1320. The van der Waals surface area contributed by atoms with E-state index in [1.54, 1.807) is 0 Å². The van der Waals surface area contributed by atoms with Crippen LogP contribution in [0.1, 0.15) is 188 Å². The minimum atomic E-state index is -4.87. The lowest BCUT2D eigenvalue weighted by atomic mass is 10.0. The van der Waals surface area contributed by atoms with Gasteiger partial charge in [-0.15, -0.1) is 0 Å². The minimum absolute atomic E-state index is 0.112. The van der Waals surface area contributed by atoms with Crippen LogP contribution in [0.3, 0.4) is 0 Å². The summed E-state index contributed by atoms with van der Waals surface area (Å²) >= 11 is 0. The van der Waals surface area contributed by atoms with Crippen LogP contribution in [0.25, 0.3) is 0 Å². The van der Waals surface area contributed by atoms with Crippen molar-refractivity contribution in [1.82, 2.24) is 0 Å². The predicted molar refractivity (Wildman–Crippen MR) is 243 cm³/mol. The van der Waals surface area contributed by atoms with Gasteiger partial charge >= 0.3 is 27.6 Å². The molecule has 1 rings (SSSR count). The number of phosphoric ester groups is 2. The van der Waals surface area contributed by atoms with Crippen molar-refractivity contribution >= 4 is 27.6 Å². The van der Waals surface area contributed by atoms with Crippen LogP contribution < -0.4 is 0 Å². The Kier molecular flexibility index (Phi) is 35.3. The molecule has 5 atom stereocenters. The van der Waals surface area contributed by atoms with Gasteiger partial charge in [0.25, 0.3) is 0 Å². The van der Waals surface area contributed by atoms with Crippen LogP contribution in [0.2, 0.25) is 0 Å². The zero-order valence-electron chi connectivity index (χ0n) is 38.3. The van der Waals surface area contributed by atoms with E-state index in [0.717, 1.165) is 50.9 Å². The number of hydrogen-bond acceptors (Lipinski definition) is 11. The van der Waals surface area contributed by atoms with E-state index in [4.69, 9.17) is 33.0 Å². The first-order valence-electron chi connectivity index (χ1n) is 23.7. The van der Waals surface area contributed by atoms with E-state index in [9.17, 15) is 28.7 Å². The molecule has 0 spiro atoms. The molecule has 1 fully saturated rings. The summed E-state index contributed by atoms with van der Waals surface area (Å²) in [7, 11) is -9.70. The molecule has 362 valence electrons. The number of epoxide rings is 1. The molecule has 16 heteroatoms. The molecular weight excluding hydrogens is 838 g/mol. The number of carbonyl (C=O) groups excluding carboxylic acids is 2. The molecule has 1 aliphatic rings. The highest BCUT2D eigenvalue weighted by molar-refractivity contribution is 7.47. The van der Waals surface area contributed by atoms with Crippen molar-refractivity contribution in [2.24, 2.45) is 5.92 Å². The van der Waals surface area contributed by atoms with Gasteiger partial charge in [0.2, 0.25) is 0 Å². The Morgan fingerprint density at radius 2 is 1.10 bits per heavy atom. The molecule has 4 N–H and O–H groups in total. The Morgan fingerprint density at radius 1 is 0.597 bits per heavy atom. The number of ether oxygens (including phenoxy) is 3. The van der Waals surface area contributed by atoms with Crippen molar-refractivity contribution in [2.75, 3.05) is 26.4 Å². The maximum atomic E-state index is 12.7. The number of aliphatic hydroxyl groups is 1. The largest absolute Gasteiger partial charge is 0.472 e. The van der Waals surface area contributed by atoms with Crippen molar-refractivity contribution < 1.29 is 66.3 Å². The highest BCUT2D eigenvalue weighted by atomic mass is 31.2. The quantitative estimate of drug-likeness (QED) is 0.0148. The molecule has 1 heterocycles. The number of allylic oxidation sites excluding steroid dienone is 4. The number of carbonyl (C=O) groups is 2. The molecule has 0 aliphatic carbocycles. The first kappa shape index (κ1) is 58.3. The fourth-order valence-corrected chi connectivity index (χ4v) is 7.78. The van der Waals surface area contributed by atoms with Crippen LogP contribution in [0.15, 0.2) is 36.5 Å². The normalized spacial score (nSPS) is 17.6. The van der Waals surface area contributed by atoms with Gasteiger partial charge in [-0.25, -0.2) is 9.13 Å². The Morgan fingerprint density at radius 3 is 1.69 bits per heavy atom. The summed E-state index contributed by atoms with van der Waals surface area (Å²) in [4.78, 5) is 52.9. The third-order valence-corrected chi connectivity index (χ3v) is 11.8. The molecule has 0 radical (unpaired) electrons. The second kappa shape index (κ2) is 37.5. The van der Waals surface area contributed by atoms with Crippen LogP contribution in [-0.2, 0) is 46.5 Å². The standard InChI is InChI=1S/C46H84O14P2/c1-4-5-6-7-8-15-19-22-27-32-43-44(60-43)33-28-24-25-29-34-45(48)55-38-42(39-58-62(53,54)57-37-41(47)36-56-61(50,51)52)59-46(49)35-30-23-20-17-14-12-10-9-11-13-16-18-21-26-31-40(2)3/h8,15,22,24,27-28,40-44,47H,4-7,9-14,16-21,23,25-26,29-39H2,1-3H3,(H,53,54)(H2,50,51,52)/b15-8-,27-22-,28-24-/t41-,42+,43?,44?/m0/s1. The van der Waals surface area contributed by atoms with E-state index in [-0.39, 0.29) is 25.0 Å². The number of rotatable bonds is 43. The smallest absolute Gasteiger partial charge is 0.462 e. The fraction of sp³-hybridized carbons (Fsp3) is 0.826. The monoisotopic (exact) mass is 923 g/mol. The summed E-state index contributed by atoms with van der Waals surface area (Å²) in [6.07, 6.45) is 37.4. The van der Waals surface area contributed by atoms with Gasteiger partial charge in [0, 0.05) is 12.8 Å². The highest BCUT2D eigenvalue weighted by Gasteiger charge is 2.36. The first-order chi connectivity index (χ1) is 29.7. The second-order valence-electron chi connectivity index (χ2n) is 16.9. The van der Waals surface area contributed by atoms with Crippen LogP contribution in [-0.4, -0.2) is 82.6 Å². The first-order valence-corrected chi connectivity index (χ1v) is 26.7. The van der Waals surface area contributed by atoms with Crippen LogP contribution in [0, 0.1) is 5.92 Å². The van der Waals surface area contributed by atoms with Crippen molar-refractivity contribution in [2.45, 2.75) is 212 Å². The predicted octanol–water partition coefficient (Wildman–Crippen LogP) is 11.3. The van der Waals surface area contributed by atoms with E-state index in [1.165, 1.54) is 89.9 Å². The molecule has 0 aromatic carbocycles. The topological polar surface area (TPSA) is 208 Å². The number of phosphoric acid groups is 2. The van der Waals surface area contributed by atoms with Gasteiger partial charge in [0.15, 0.2) is 6.10 Å². The average Bonchev–Trinajstić information content (AvgIpc) is 3.98. The summed E-state index contributed by atoms with van der Waals surface area (Å²) in [6.45, 7) is 4.01. The SMILES string of the molecule is CCCCC/C=C\C/C=C\CC1OC1C/C=C\CCCC(=O)OC[C@H](COP(=O)(O)OC[C@@H](O)COP(=O)(O)O)OC(=O)CCCCCCCCCCCCCCCCC(C)C. The van der Waals surface area contributed by atoms with Gasteiger partial charge in [-0.1, -0.05) is 160 Å². The van der Waals surface area contributed by atoms with Gasteiger partial charge in [0.05, 0.1) is 32.0 Å². The molecule has 1 saturated heterocycles. The maximum Gasteiger partial charge on any atom is 0.472 e. The molecule has 0 amide bonds. The molecule has 0 bridgehead atoms. The van der Waals surface area contributed by atoms with Crippen LogP contribution in [0.5, 0.6) is 0 Å². The molecule has 3 unspecified atom stereocenters. The molecule has 1 aliphatic heterocycles. The fourth-order valence-electron chi connectivity index (χ4n) is 6.63. The van der Waals surface area contributed by atoms with E-state index in [0.29, 0.717) is 19.3 Å². The van der Waals surface area contributed by atoms with Crippen molar-refractivity contribution in [3.05, 3.63) is 36.5 Å². The maximum absolute atomic E-state index is 12.7. The molecule has 0 aromatic rings. The summed E-state index contributed by atoms with van der Waals surface area (Å²) in [5, 5.41) is 9.77. The molecular formula is C46H84O14P2. The lowest BCUT2D eigenvalue weighted by molar-refractivity contribution is -0.161. The molecule has 0 saturated carbocycles. The van der Waals surface area contributed by atoms with Gasteiger partial charge in [-0.3, -0.25) is 23.2 Å². The van der Waals surface area contributed by atoms with Gasteiger partial charge < -0.3 is 34.0 Å². The third kappa shape index (κ3) is 38.7.